The van der Waals surface area contributed by atoms with E-state index in [1.165, 1.54) is 74.3 Å². The lowest BCUT2D eigenvalue weighted by molar-refractivity contribution is 0.292. The fourth-order valence-corrected chi connectivity index (χ4v) is 7.57. The van der Waals surface area contributed by atoms with Gasteiger partial charge in [-0.05, 0) is 97.8 Å². The summed E-state index contributed by atoms with van der Waals surface area (Å²) in [7, 11) is -0.665. The van der Waals surface area contributed by atoms with Crippen LogP contribution in [0, 0.1) is 27.7 Å². The molecular formula is C32H41O2P. The minimum Gasteiger partial charge on any atom is -0.493 e. The number of hydrogen-bond donors (Lipinski definition) is 0. The molecule has 0 fully saturated rings. The average Bonchev–Trinajstić information content (AvgIpc) is 3.12. The zero-order chi connectivity index (χ0) is 24.9. The highest BCUT2D eigenvalue weighted by molar-refractivity contribution is 7.67. The van der Waals surface area contributed by atoms with Gasteiger partial charge in [-0.15, -0.1) is 0 Å². The maximum Gasteiger partial charge on any atom is 0.123 e. The van der Waals surface area contributed by atoms with Crippen molar-refractivity contribution in [3.63, 3.8) is 0 Å². The molecule has 3 aromatic carbocycles. The van der Waals surface area contributed by atoms with Crippen LogP contribution in [0.2, 0.25) is 0 Å². The fourth-order valence-electron chi connectivity index (χ4n) is 4.75. The molecular weight excluding hydrogens is 447 g/mol. The highest BCUT2D eigenvalue weighted by atomic mass is 31.1. The minimum atomic E-state index is -0.665. The Morgan fingerprint density at radius 1 is 0.543 bits per heavy atom. The molecule has 0 aliphatic heterocycles. The first-order valence-electron chi connectivity index (χ1n) is 13.4. The Kier molecular flexibility index (Phi) is 8.45. The molecule has 0 bridgehead atoms. The van der Waals surface area contributed by atoms with Crippen LogP contribution in [0.15, 0.2) is 42.5 Å². The summed E-state index contributed by atoms with van der Waals surface area (Å²) in [6.07, 6.45) is 6.97. The molecule has 0 radical (unpaired) electrons. The maximum atomic E-state index is 6.27. The number of aryl methyl sites for hydroxylation is 4. The topological polar surface area (TPSA) is 18.5 Å². The van der Waals surface area contributed by atoms with Crippen LogP contribution < -0.4 is 9.47 Å². The van der Waals surface area contributed by atoms with Gasteiger partial charge in [-0.25, -0.2) is 0 Å². The van der Waals surface area contributed by atoms with E-state index in [0.717, 1.165) is 37.6 Å². The van der Waals surface area contributed by atoms with Crippen LogP contribution in [0.4, 0.5) is 0 Å². The fraction of sp³-hybridized carbons (Fsp3) is 0.438. The first-order valence-corrected chi connectivity index (χ1v) is 14.7. The van der Waals surface area contributed by atoms with Crippen molar-refractivity contribution in [1.29, 1.82) is 0 Å². The molecule has 35 heavy (non-hydrogen) atoms. The molecule has 0 atom stereocenters. The van der Waals surface area contributed by atoms with Crippen molar-refractivity contribution in [1.82, 2.24) is 0 Å². The van der Waals surface area contributed by atoms with Gasteiger partial charge in [0, 0.05) is 21.6 Å². The summed E-state index contributed by atoms with van der Waals surface area (Å²) >= 11 is 0. The second-order valence-corrected chi connectivity index (χ2v) is 12.2. The molecule has 0 unspecified atom stereocenters. The predicted octanol–water partition coefficient (Wildman–Crippen LogP) is 10.3. The Hall–Kier alpha value is -2.44. The first kappa shape index (κ1) is 25.6. The lowest BCUT2D eigenvalue weighted by Gasteiger charge is -2.14. The van der Waals surface area contributed by atoms with Gasteiger partial charge in [-0.1, -0.05) is 59.2 Å². The van der Waals surface area contributed by atoms with E-state index in [2.05, 4.69) is 84.0 Å². The summed E-state index contributed by atoms with van der Waals surface area (Å²) < 4.78 is 12.5. The van der Waals surface area contributed by atoms with Crippen molar-refractivity contribution >= 4 is 28.5 Å². The molecule has 0 aliphatic carbocycles. The van der Waals surface area contributed by atoms with Crippen LogP contribution in [0.1, 0.15) is 74.6 Å². The van der Waals surface area contributed by atoms with Crippen molar-refractivity contribution < 1.29 is 9.47 Å². The summed E-state index contributed by atoms with van der Waals surface area (Å²) in [4.78, 5) is 0. The van der Waals surface area contributed by atoms with E-state index in [1.54, 1.807) is 0 Å². The van der Waals surface area contributed by atoms with E-state index >= 15 is 0 Å². The van der Waals surface area contributed by atoms with E-state index in [9.17, 15) is 0 Å². The number of unbranched alkanes of at least 4 members (excludes halogenated alkanes) is 4. The van der Waals surface area contributed by atoms with Crippen molar-refractivity contribution in [2.24, 2.45) is 0 Å². The summed E-state index contributed by atoms with van der Waals surface area (Å²) in [5.41, 5.74) is 5.44. The third kappa shape index (κ3) is 5.70. The van der Waals surface area contributed by atoms with Crippen molar-refractivity contribution in [3.05, 3.63) is 64.7 Å². The molecule has 2 nitrogen and oxygen atoms in total. The van der Waals surface area contributed by atoms with Crippen LogP contribution in [0.25, 0.3) is 26.3 Å². The summed E-state index contributed by atoms with van der Waals surface area (Å²) in [5, 5.41) is 7.05. The molecule has 4 aromatic rings. The number of benzene rings is 3. The largest absolute Gasteiger partial charge is 0.493 e. The first-order chi connectivity index (χ1) is 16.9. The van der Waals surface area contributed by atoms with Gasteiger partial charge in [0.1, 0.15) is 11.5 Å². The second-order valence-electron chi connectivity index (χ2n) is 10.0. The lowest BCUT2D eigenvalue weighted by atomic mass is 10.0. The molecule has 0 saturated carbocycles. The summed E-state index contributed by atoms with van der Waals surface area (Å²) in [5.74, 6) is 1.88. The van der Waals surface area contributed by atoms with Crippen LogP contribution >= 0.6 is 7.53 Å². The van der Waals surface area contributed by atoms with Crippen LogP contribution in [-0.2, 0) is 0 Å². The normalized spacial score (nSPS) is 11.5. The number of ether oxygens (including phenoxy) is 2. The van der Waals surface area contributed by atoms with E-state index < -0.39 is 7.53 Å². The predicted molar refractivity (Wildman–Crippen MR) is 154 cm³/mol. The molecule has 0 amide bonds. The molecule has 1 heterocycles. The van der Waals surface area contributed by atoms with Gasteiger partial charge in [-0.3, -0.25) is 0 Å². The highest BCUT2D eigenvalue weighted by Gasteiger charge is 2.17. The quantitative estimate of drug-likeness (QED) is 0.195. The molecule has 0 N–H and O–H groups in total. The molecule has 1 aromatic heterocycles. The van der Waals surface area contributed by atoms with Gasteiger partial charge < -0.3 is 9.47 Å². The maximum absolute atomic E-state index is 6.27. The lowest BCUT2D eigenvalue weighted by Crippen LogP contribution is -2.00. The SMILES string of the molecule is CCCCCOc1cc(OCCCCC)cc(-p2c3cc(C)c(C)cc3c3cc(C)c(C)cc32)c1. The third-order valence-corrected chi connectivity index (χ3v) is 9.63. The molecule has 0 saturated heterocycles. The third-order valence-electron chi connectivity index (χ3n) is 7.15. The van der Waals surface area contributed by atoms with Crippen LogP contribution in [0.5, 0.6) is 11.5 Å². The Bertz CT molecular complexity index is 1220. The monoisotopic (exact) mass is 488 g/mol. The standard InChI is InChI=1S/C32H41O2P/c1-7-9-11-13-33-26-19-27(34-14-12-10-8-2)21-28(20-26)35-31-17-24(5)22(3)15-29(31)30-16-23(4)25(6)18-32(30)35/h15-21H,7-14H2,1-6H3. The van der Waals surface area contributed by atoms with Gasteiger partial charge in [0.2, 0.25) is 0 Å². The van der Waals surface area contributed by atoms with Gasteiger partial charge >= 0.3 is 0 Å². The van der Waals surface area contributed by atoms with E-state index in [0.29, 0.717) is 0 Å². The van der Waals surface area contributed by atoms with Crippen molar-refractivity contribution in [2.45, 2.75) is 80.1 Å². The molecule has 0 spiro atoms. The second kappa shape index (κ2) is 11.5. The van der Waals surface area contributed by atoms with E-state index in [-0.39, 0.29) is 0 Å². The number of fused-ring (bicyclic) bond motifs is 3. The zero-order valence-corrected chi connectivity index (χ0v) is 23.4. The Morgan fingerprint density at radius 2 is 0.971 bits per heavy atom. The van der Waals surface area contributed by atoms with Crippen molar-refractivity contribution in [3.8, 4) is 16.8 Å². The molecule has 4 rings (SSSR count). The molecule has 3 heteroatoms. The smallest absolute Gasteiger partial charge is 0.123 e. The van der Waals surface area contributed by atoms with Gasteiger partial charge in [0.25, 0.3) is 0 Å². The molecule has 0 aliphatic rings. The Balaban J connectivity index is 1.87. The van der Waals surface area contributed by atoms with Crippen LogP contribution in [-0.4, -0.2) is 13.2 Å². The van der Waals surface area contributed by atoms with E-state index in [1.807, 2.05) is 0 Å². The van der Waals surface area contributed by atoms with Gasteiger partial charge in [0.15, 0.2) is 0 Å². The Morgan fingerprint density at radius 3 is 1.40 bits per heavy atom. The van der Waals surface area contributed by atoms with Gasteiger partial charge in [0.05, 0.1) is 13.2 Å². The zero-order valence-electron chi connectivity index (χ0n) is 22.5. The number of hydrogen-bond acceptors (Lipinski definition) is 2. The van der Waals surface area contributed by atoms with Crippen molar-refractivity contribution in [2.75, 3.05) is 13.2 Å². The summed E-state index contributed by atoms with van der Waals surface area (Å²) in [6, 6.07) is 16.3. The minimum absolute atomic E-state index is 0.665. The average molecular weight is 489 g/mol. The van der Waals surface area contributed by atoms with Gasteiger partial charge in [-0.2, -0.15) is 0 Å². The Labute approximate surface area is 212 Å². The summed E-state index contributed by atoms with van der Waals surface area (Å²) in [6.45, 7) is 14.9. The number of rotatable bonds is 11. The van der Waals surface area contributed by atoms with E-state index in [4.69, 9.17) is 9.47 Å². The molecule has 186 valence electrons. The van der Waals surface area contributed by atoms with Crippen LogP contribution in [0.3, 0.4) is 0 Å². The highest BCUT2D eigenvalue weighted by Crippen LogP contribution is 2.57.